The van der Waals surface area contributed by atoms with Gasteiger partial charge in [0.2, 0.25) is 5.91 Å². The number of hydrogen-bond donors (Lipinski definition) is 7. The van der Waals surface area contributed by atoms with Crippen molar-refractivity contribution in [2.24, 2.45) is 11.7 Å². The van der Waals surface area contributed by atoms with E-state index in [0.717, 1.165) is 5.56 Å². The monoisotopic (exact) mass is 370 g/mol. The topological polar surface area (TPSA) is 156 Å². The first-order valence-electron chi connectivity index (χ1n) is 8.73. The van der Waals surface area contributed by atoms with Crippen molar-refractivity contribution in [3.63, 3.8) is 0 Å². The standard InChI is InChI=1S/C18H30N2O6/c19-18(26)13(9-12-5-2-1-3-6-12)7-4-8-20-10-14(22)16(24)17(25)15(23)11-21/h1-3,5-6,13-17,20-25H,4,7-11H2,(H2,19,26). The van der Waals surface area contributed by atoms with E-state index in [4.69, 9.17) is 10.8 Å². The van der Waals surface area contributed by atoms with Gasteiger partial charge in [-0.05, 0) is 31.4 Å². The number of nitrogens with two attached hydrogens (primary N) is 1. The van der Waals surface area contributed by atoms with Crippen molar-refractivity contribution in [1.29, 1.82) is 0 Å². The van der Waals surface area contributed by atoms with E-state index in [1.807, 2.05) is 30.3 Å². The van der Waals surface area contributed by atoms with E-state index < -0.39 is 31.0 Å². The lowest BCUT2D eigenvalue weighted by Gasteiger charge is -2.25. The lowest BCUT2D eigenvalue weighted by atomic mass is 9.94. The predicted molar refractivity (Wildman–Crippen MR) is 96.0 cm³/mol. The Hall–Kier alpha value is -1.55. The first kappa shape index (κ1) is 22.5. The largest absolute Gasteiger partial charge is 0.394 e. The molecule has 1 aromatic rings. The third-order valence-corrected chi connectivity index (χ3v) is 4.31. The minimum atomic E-state index is -1.64. The van der Waals surface area contributed by atoms with Crippen LogP contribution in [0.15, 0.2) is 30.3 Å². The van der Waals surface area contributed by atoms with Gasteiger partial charge < -0.3 is 36.6 Å². The van der Waals surface area contributed by atoms with Crippen molar-refractivity contribution in [3.8, 4) is 0 Å². The predicted octanol–water partition coefficient (Wildman–Crippen LogP) is -1.86. The van der Waals surface area contributed by atoms with E-state index in [1.165, 1.54) is 0 Å². The third kappa shape index (κ3) is 7.77. The van der Waals surface area contributed by atoms with Gasteiger partial charge in [-0.15, -0.1) is 0 Å². The smallest absolute Gasteiger partial charge is 0.220 e. The summed E-state index contributed by atoms with van der Waals surface area (Å²) in [6, 6.07) is 9.60. The van der Waals surface area contributed by atoms with Crippen molar-refractivity contribution in [2.75, 3.05) is 19.7 Å². The fraction of sp³-hybridized carbons (Fsp3) is 0.611. The molecular formula is C18H30N2O6. The number of benzene rings is 1. The van der Waals surface area contributed by atoms with Crippen LogP contribution >= 0.6 is 0 Å². The normalized spacial score (nSPS) is 17.3. The summed E-state index contributed by atoms with van der Waals surface area (Å²) in [7, 11) is 0. The van der Waals surface area contributed by atoms with Gasteiger partial charge in [-0.25, -0.2) is 0 Å². The number of aliphatic hydroxyl groups is 5. The molecule has 0 fully saturated rings. The van der Waals surface area contributed by atoms with Gasteiger partial charge in [0.15, 0.2) is 0 Å². The van der Waals surface area contributed by atoms with Gasteiger partial charge >= 0.3 is 0 Å². The molecule has 1 amide bonds. The molecule has 5 unspecified atom stereocenters. The highest BCUT2D eigenvalue weighted by Crippen LogP contribution is 2.13. The van der Waals surface area contributed by atoms with Crippen LogP contribution in [0.25, 0.3) is 0 Å². The Morgan fingerprint density at radius 2 is 1.65 bits per heavy atom. The van der Waals surface area contributed by atoms with E-state index in [-0.39, 0.29) is 18.4 Å². The van der Waals surface area contributed by atoms with Crippen molar-refractivity contribution >= 4 is 5.91 Å². The molecule has 8 heteroatoms. The second-order valence-corrected chi connectivity index (χ2v) is 6.43. The fourth-order valence-electron chi connectivity index (χ4n) is 2.65. The Labute approximate surface area is 153 Å². The summed E-state index contributed by atoms with van der Waals surface area (Å²) in [4.78, 5) is 11.6. The average molecular weight is 370 g/mol. The van der Waals surface area contributed by atoms with Gasteiger partial charge in [0, 0.05) is 12.5 Å². The first-order chi connectivity index (χ1) is 12.4. The molecule has 0 spiro atoms. The minimum absolute atomic E-state index is 0.00367. The Morgan fingerprint density at radius 3 is 2.23 bits per heavy atom. The maximum Gasteiger partial charge on any atom is 0.220 e. The number of carbonyl (C=O) groups is 1. The molecule has 0 aliphatic heterocycles. The molecule has 1 rings (SSSR count). The van der Waals surface area contributed by atoms with E-state index in [0.29, 0.717) is 25.8 Å². The van der Waals surface area contributed by atoms with Gasteiger partial charge in [-0.1, -0.05) is 30.3 Å². The van der Waals surface area contributed by atoms with Gasteiger partial charge in [0.1, 0.15) is 18.3 Å². The van der Waals surface area contributed by atoms with Crippen LogP contribution in [0.1, 0.15) is 18.4 Å². The molecule has 0 aliphatic rings. The Bertz CT molecular complexity index is 516. The fourth-order valence-corrected chi connectivity index (χ4v) is 2.65. The van der Waals surface area contributed by atoms with Crippen LogP contribution in [0, 0.1) is 5.92 Å². The minimum Gasteiger partial charge on any atom is -0.394 e. The molecule has 5 atom stereocenters. The first-order valence-corrected chi connectivity index (χ1v) is 8.73. The Kier molecular flexibility index (Phi) is 10.3. The van der Waals surface area contributed by atoms with Crippen LogP contribution in [0.3, 0.4) is 0 Å². The third-order valence-electron chi connectivity index (χ3n) is 4.31. The highest BCUT2D eigenvalue weighted by molar-refractivity contribution is 5.76. The molecule has 148 valence electrons. The molecule has 0 heterocycles. The molecule has 1 aromatic carbocycles. The second-order valence-electron chi connectivity index (χ2n) is 6.43. The Morgan fingerprint density at radius 1 is 1.04 bits per heavy atom. The van der Waals surface area contributed by atoms with Crippen LogP contribution in [0.4, 0.5) is 0 Å². The second kappa shape index (κ2) is 11.9. The highest BCUT2D eigenvalue weighted by Gasteiger charge is 2.29. The summed E-state index contributed by atoms with van der Waals surface area (Å²) in [5.74, 6) is -0.637. The van der Waals surface area contributed by atoms with Crippen molar-refractivity contribution < 1.29 is 30.3 Å². The molecule has 8 nitrogen and oxygen atoms in total. The summed E-state index contributed by atoms with van der Waals surface area (Å²) < 4.78 is 0. The molecule has 0 saturated heterocycles. The summed E-state index contributed by atoms with van der Waals surface area (Å²) in [5.41, 5.74) is 6.50. The van der Waals surface area contributed by atoms with E-state index in [9.17, 15) is 25.2 Å². The van der Waals surface area contributed by atoms with Crippen LogP contribution in [0.5, 0.6) is 0 Å². The number of nitrogens with one attached hydrogen (secondary N) is 1. The maximum absolute atomic E-state index is 11.6. The van der Waals surface area contributed by atoms with Crippen LogP contribution in [-0.4, -0.2) is 75.6 Å². The zero-order chi connectivity index (χ0) is 19.5. The van der Waals surface area contributed by atoms with Crippen LogP contribution < -0.4 is 11.1 Å². The molecule has 26 heavy (non-hydrogen) atoms. The average Bonchev–Trinajstić information content (AvgIpc) is 2.65. The zero-order valence-electron chi connectivity index (χ0n) is 14.7. The van der Waals surface area contributed by atoms with Gasteiger partial charge in [-0.3, -0.25) is 4.79 Å². The molecule has 8 N–H and O–H groups in total. The van der Waals surface area contributed by atoms with Crippen molar-refractivity contribution in [1.82, 2.24) is 5.32 Å². The highest BCUT2D eigenvalue weighted by atomic mass is 16.4. The number of amides is 1. The van der Waals surface area contributed by atoms with E-state index in [1.54, 1.807) is 0 Å². The Balaban J connectivity index is 2.30. The number of rotatable bonds is 13. The molecule has 0 aliphatic carbocycles. The molecule has 0 radical (unpaired) electrons. The van der Waals surface area contributed by atoms with E-state index >= 15 is 0 Å². The summed E-state index contributed by atoms with van der Waals surface area (Å²) in [6.45, 7) is -0.231. The van der Waals surface area contributed by atoms with Crippen molar-refractivity contribution in [3.05, 3.63) is 35.9 Å². The summed E-state index contributed by atoms with van der Waals surface area (Å²) >= 11 is 0. The molecule has 0 bridgehead atoms. The van der Waals surface area contributed by atoms with Crippen LogP contribution in [-0.2, 0) is 11.2 Å². The van der Waals surface area contributed by atoms with Crippen LogP contribution in [0.2, 0.25) is 0 Å². The lowest BCUT2D eigenvalue weighted by Crippen LogP contribution is -2.49. The van der Waals surface area contributed by atoms with Gasteiger partial charge in [0.25, 0.3) is 0 Å². The number of aliphatic hydroxyl groups excluding tert-OH is 5. The maximum atomic E-state index is 11.6. The number of carbonyl (C=O) groups excluding carboxylic acids is 1. The summed E-state index contributed by atoms with van der Waals surface area (Å²) in [5, 5.41) is 49.9. The number of hydrogen-bond acceptors (Lipinski definition) is 7. The summed E-state index contributed by atoms with van der Waals surface area (Å²) in [6.07, 6.45) is -4.24. The SMILES string of the molecule is NC(=O)C(CCCNCC(O)C(O)C(O)C(O)CO)Cc1ccccc1. The quantitative estimate of drug-likeness (QED) is 0.201. The molecule has 0 saturated carbocycles. The number of primary amides is 1. The van der Waals surface area contributed by atoms with Gasteiger partial charge in [-0.2, -0.15) is 0 Å². The van der Waals surface area contributed by atoms with Gasteiger partial charge in [0.05, 0.1) is 12.7 Å². The molecular weight excluding hydrogens is 340 g/mol. The zero-order valence-corrected chi connectivity index (χ0v) is 14.7. The van der Waals surface area contributed by atoms with Crippen molar-refractivity contribution in [2.45, 2.75) is 43.7 Å². The molecule has 0 aromatic heterocycles. The van der Waals surface area contributed by atoms with E-state index in [2.05, 4.69) is 5.32 Å². The lowest BCUT2D eigenvalue weighted by molar-refractivity contribution is -0.122.